The van der Waals surface area contributed by atoms with Gasteiger partial charge in [0.05, 0.1) is 21.4 Å². The van der Waals surface area contributed by atoms with Gasteiger partial charge in [-0.1, -0.05) is 19.1 Å². The van der Waals surface area contributed by atoms with Crippen molar-refractivity contribution in [3.8, 4) is 5.75 Å². The van der Waals surface area contributed by atoms with E-state index in [1.165, 1.54) is 18.4 Å². The zero-order chi connectivity index (χ0) is 27.9. The number of hydrogen-bond donors (Lipinski definition) is 2. The number of aryl methyl sites for hydroxylation is 2. The van der Waals surface area contributed by atoms with Crippen LogP contribution in [0.5, 0.6) is 5.75 Å². The Morgan fingerprint density at radius 2 is 1.97 bits per heavy atom. The number of carbonyl (C=O) groups excluding carboxylic acids is 1. The second-order valence-electron chi connectivity index (χ2n) is 10.2. The molecule has 2 aromatic heterocycles. The first-order valence-corrected chi connectivity index (χ1v) is 15.1. The summed E-state index contributed by atoms with van der Waals surface area (Å²) in [7, 11) is 0.675. The molecule has 39 heavy (non-hydrogen) atoms. The molecule has 1 fully saturated rings. The van der Waals surface area contributed by atoms with E-state index in [9.17, 15) is 9.00 Å². The summed E-state index contributed by atoms with van der Waals surface area (Å²) in [5.74, 6) is 1.32. The number of nitrogens with zero attached hydrogens (tertiary/aromatic N) is 3. The van der Waals surface area contributed by atoms with Crippen LogP contribution < -0.4 is 15.4 Å². The summed E-state index contributed by atoms with van der Waals surface area (Å²) >= 11 is 0. The molecule has 4 rings (SSSR count). The van der Waals surface area contributed by atoms with E-state index in [2.05, 4.69) is 40.6 Å². The topological polar surface area (TPSA) is 96.5 Å². The van der Waals surface area contributed by atoms with Crippen molar-refractivity contribution in [2.24, 2.45) is 0 Å². The fourth-order valence-electron chi connectivity index (χ4n) is 4.45. The molecule has 1 aromatic carbocycles. The number of likely N-dealkylation sites (N-methyl/N-ethyl adjacent to an activating group) is 2. The Hall–Kier alpha value is -3.14. The first-order valence-electron chi connectivity index (χ1n) is 13.5. The second-order valence-corrected chi connectivity index (χ2v) is 11.6. The number of ether oxygens (including phenoxy) is 1. The van der Waals surface area contributed by atoms with Crippen LogP contribution >= 0.6 is 0 Å². The lowest BCUT2D eigenvalue weighted by molar-refractivity contribution is 0.102. The molecule has 0 radical (unpaired) electrons. The highest BCUT2D eigenvalue weighted by atomic mass is 32.2. The minimum absolute atomic E-state index is 0.301. The number of pyridine rings is 2. The van der Waals surface area contributed by atoms with Gasteiger partial charge in [0.25, 0.3) is 5.91 Å². The van der Waals surface area contributed by atoms with E-state index in [0.717, 1.165) is 36.5 Å². The van der Waals surface area contributed by atoms with Crippen molar-refractivity contribution in [1.82, 2.24) is 20.2 Å². The Bertz CT molecular complexity index is 1310. The van der Waals surface area contributed by atoms with Crippen LogP contribution in [0.15, 0.2) is 53.7 Å². The third kappa shape index (κ3) is 7.71. The number of anilines is 1. The fraction of sp³-hybridized carbons (Fsp3) is 0.433. The van der Waals surface area contributed by atoms with Crippen molar-refractivity contribution in [2.75, 3.05) is 44.8 Å². The lowest BCUT2D eigenvalue weighted by Crippen LogP contribution is -2.34. The Morgan fingerprint density at radius 3 is 2.62 bits per heavy atom. The Kier molecular flexibility index (Phi) is 9.83. The van der Waals surface area contributed by atoms with E-state index < -0.39 is 10.8 Å². The number of benzene rings is 1. The molecule has 1 amide bonds. The van der Waals surface area contributed by atoms with Gasteiger partial charge in [0.15, 0.2) is 6.10 Å². The SMILES string of the molecule is CCNCCN(C)C[C@@H](Oc1cc(C)c(C(=O)Nc2ncccc2C)cc1S(C)=O)c1ccc(C2CC2)cn1. The lowest BCUT2D eigenvalue weighted by Gasteiger charge is -2.26. The summed E-state index contributed by atoms with van der Waals surface area (Å²) in [5, 5.41) is 6.23. The van der Waals surface area contributed by atoms with Crippen molar-refractivity contribution in [1.29, 1.82) is 0 Å². The minimum atomic E-state index is -1.38. The highest BCUT2D eigenvalue weighted by molar-refractivity contribution is 7.84. The predicted molar refractivity (Wildman–Crippen MR) is 156 cm³/mol. The number of rotatable bonds is 13. The van der Waals surface area contributed by atoms with Crippen molar-refractivity contribution in [3.63, 3.8) is 0 Å². The van der Waals surface area contributed by atoms with Gasteiger partial charge in [0, 0.05) is 43.8 Å². The molecule has 9 heteroatoms. The average Bonchev–Trinajstić information content (AvgIpc) is 3.75. The monoisotopic (exact) mass is 549 g/mol. The summed E-state index contributed by atoms with van der Waals surface area (Å²) in [4.78, 5) is 24.9. The number of hydrogen-bond acceptors (Lipinski definition) is 7. The van der Waals surface area contributed by atoms with Crippen LogP contribution in [0, 0.1) is 13.8 Å². The van der Waals surface area contributed by atoms with Crippen LogP contribution in [-0.4, -0.2) is 64.5 Å². The lowest BCUT2D eigenvalue weighted by atomic mass is 10.1. The summed E-state index contributed by atoms with van der Waals surface area (Å²) in [6.07, 6.45) is 7.27. The molecule has 8 nitrogen and oxygen atoms in total. The molecule has 2 atom stereocenters. The molecule has 1 unspecified atom stereocenters. The van der Waals surface area contributed by atoms with Crippen LogP contribution in [0.1, 0.15) is 64.5 Å². The van der Waals surface area contributed by atoms with Crippen LogP contribution in [0.25, 0.3) is 0 Å². The van der Waals surface area contributed by atoms with E-state index in [1.807, 2.05) is 38.2 Å². The molecular formula is C30H39N5O3S. The summed E-state index contributed by atoms with van der Waals surface area (Å²) < 4.78 is 19.4. The van der Waals surface area contributed by atoms with Gasteiger partial charge in [-0.15, -0.1) is 0 Å². The van der Waals surface area contributed by atoms with Crippen molar-refractivity contribution < 1.29 is 13.7 Å². The smallest absolute Gasteiger partial charge is 0.257 e. The van der Waals surface area contributed by atoms with Gasteiger partial charge in [-0.2, -0.15) is 0 Å². The molecule has 1 saturated carbocycles. The summed E-state index contributed by atoms with van der Waals surface area (Å²) in [6, 6.07) is 11.4. The standard InChI is InChI=1S/C30H39N5O3S/c1-6-31-14-15-35(4)19-27(25-12-11-23(18-33-25)22-9-10-22)38-26-16-21(3)24(17-28(26)39(5)37)30(36)34-29-20(2)8-7-13-32-29/h7-8,11-13,16-18,22,27,31H,6,9-10,14-15,19H2,1-5H3,(H,32,34,36)/t27-,39?/m1/s1. The van der Waals surface area contributed by atoms with Crippen LogP contribution in [0.3, 0.4) is 0 Å². The highest BCUT2D eigenvalue weighted by Gasteiger charge is 2.26. The maximum absolute atomic E-state index is 13.2. The highest BCUT2D eigenvalue weighted by Crippen LogP contribution is 2.40. The average molecular weight is 550 g/mol. The normalized spacial score (nSPS) is 14.7. The zero-order valence-electron chi connectivity index (χ0n) is 23.5. The van der Waals surface area contributed by atoms with E-state index >= 15 is 0 Å². The predicted octanol–water partition coefficient (Wildman–Crippen LogP) is 4.62. The molecular weight excluding hydrogens is 510 g/mol. The van der Waals surface area contributed by atoms with Gasteiger partial charge in [0.1, 0.15) is 11.6 Å². The second kappa shape index (κ2) is 13.3. The van der Waals surface area contributed by atoms with Gasteiger partial charge in [-0.25, -0.2) is 4.98 Å². The van der Waals surface area contributed by atoms with Crippen molar-refractivity contribution >= 4 is 22.5 Å². The van der Waals surface area contributed by atoms with Gasteiger partial charge >= 0.3 is 0 Å². The number of carbonyl (C=O) groups is 1. The van der Waals surface area contributed by atoms with Gasteiger partial charge in [-0.05, 0) is 87.2 Å². The molecule has 3 aromatic rings. The van der Waals surface area contributed by atoms with Gasteiger partial charge in [-0.3, -0.25) is 14.0 Å². The summed E-state index contributed by atoms with van der Waals surface area (Å²) in [6.45, 7) is 9.09. The number of nitrogens with one attached hydrogen (secondary N) is 2. The van der Waals surface area contributed by atoms with Gasteiger partial charge < -0.3 is 20.3 Å². The van der Waals surface area contributed by atoms with E-state index in [1.54, 1.807) is 24.6 Å². The van der Waals surface area contributed by atoms with E-state index in [4.69, 9.17) is 9.72 Å². The maximum Gasteiger partial charge on any atom is 0.257 e. The Morgan fingerprint density at radius 1 is 1.18 bits per heavy atom. The quantitative estimate of drug-likeness (QED) is 0.300. The number of amides is 1. The molecule has 1 aliphatic rings. The zero-order valence-corrected chi connectivity index (χ0v) is 24.3. The fourth-order valence-corrected chi connectivity index (χ4v) is 5.12. The first kappa shape index (κ1) is 28.9. The van der Waals surface area contributed by atoms with Crippen molar-refractivity contribution in [3.05, 3.63) is 76.7 Å². The molecule has 2 N–H and O–H groups in total. The Balaban J connectivity index is 1.61. The van der Waals surface area contributed by atoms with Gasteiger partial charge in [0.2, 0.25) is 0 Å². The molecule has 0 saturated heterocycles. The molecule has 208 valence electrons. The Labute approximate surface area is 234 Å². The third-order valence-electron chi connectivity index (χ3n) is 6.94. The molecule has 1 aliphatic carbocycles. The van der Waals surface area contributed by atoms with E-state index in [0.29, 0.717) is 34.5 Å². The largest absolute Gasteiger partial charge is 0.481 e. The first-order chi connectivity index (χ1) is 18.8. The maximum atomic E-state index is 13.2. The van der Waals surface area contributed by atoms with Crippen molar-refractivity contribution in [2.45, 2.75) is 50.5 Å². The molecule has 0 aliphatic heterocycles. The van der Waals surface area contributed by atoms with E-state index in [-0.39, 0.29) is 12.0 Å². The molecule has 0 spiro atoms. The van der Waals surface area contributed by atoms with Crippen LogP contribution in [0.2, 0.25) is 0 Å². The summed E-state index contributed by atoms with van der Waals surface area (Å²) in [5.41, 5.74) is 4.12. The molecule has 0 bridgehead atoms. The van der Waals surface area contributed by atoms with Crippen LogP contribution in [-0.2, 0) is 10.8 Å². The molecule has 2 heterocycles. The third-order valence-corrected chi connectivity index (χ3v) is 7.88. The van der Waals surface area contributed by atoms with Crippen LogP contribution in [0.4, 0.5) is 5.82 Å². The minimum Gasteiger partial charge on any atom is -0.481 e. The number of aromatic nitrogens is 2.